The van der Waals surface area contributed by atoms with Crippen LogP contribution in [-0.2, 0) is 6.42 Å². The second kappa shape index (κ2) is 4.82. The molecule has 2 nitrogen and oxygen atoms in total. The molecule has 0 radical (unpaired) electrons. The van der Waals surface area contributed by atoms with E-state index in [2.05, 4.69) is 21.2 Å². The maximum Gasteiger partial charge on any atom is 0.126 e. The summed E-state index contributed by atoms with van der Waals surface area (Å²) >= 11 is 3.32. The molecule has 2 rings (SSSR count). The number of hydrogen-bond acceptors (Lipinski definition) is 2. The zero-order chi connectivity index (χ0) is 11.6. The SMILES string of the molecule is OC1(Cc2cc(Br)ccc2F)CCNCC1. The van der Waals surface area contributed by atoms with Crippen molar-refractivity contribution in [2.45, 2.75) is 24.9 Å². The van der Waals surface area contributed by atoms with Gasteiger partial charge in [0.2, 0.25) is 0 Å². The van der Waals surface area contributed by atoms with Gasteiger partial charge in [-0.3, -0.25) is 0 Å². The van der Waals surface area contributed by atoms with E-state index in [1.165, 1.54) is 6.07 Å². The van der Waals surface area contributed by atoms with E-state index in [0.29, 0.717) is 24.8 Å². The molecule has 0 aliphatic carbocycles. The molecule has 4 heteroatoms. The van der Waals surface area contributed by atoms with E-state index in [0.717, 1.165) is 17.6 Å². The van der Waals surface area contributed by atoms with Gasteiger partial charge in [-0.25, -0.2) is 4.39 Å². The first-order chi connectivity index (χ1) is 7.59. The largest absolute Gasteiger partial charge is 0.389 e. The summed E-state index contributed by atoms with van der Waals surface area (Å²) < 4.78 is 14.4. The van der Waals surface area contributed by atoms with E-state index in [9.17, 15) is 9.50 Å². The Balaban J connectivity index is 2.15. The Morgan fingerprint density at radius 2 is 2.06 bits per heavy atom. The Morgan fingerprint density at radius 3 is 2.75 bits per heavy atom. The van der Waals surface area contributed by atoms with Gasteiger partial charge in [0.05, 0.1) is 5.60 Å². The summed E-state index contributed by atoms with van der Waals surface area (Å²) in [6, 6.07) is 4.85. The number of nitrogens with one attached hydrogen (secondary N) is 1. The van der Waals surface area contributed by atoms with Crippen molar-refractivity contribution >= 4 is 15.9 Å². The van der Waals surface area contributed by atoms with E-state index in [-0.39, 0.29) is 5.82 Å². The van der Waals surface area contributed by atoms with Crippen molar-refractivity contribution in [2.75, 3.05) is 13.1 Å². The van der Waals surface area contributed by atoms with E-state index >= 15 is 0 Å². The Bertz CT molecular complexity index is 377. The summed E-state index contributed by atoms with van der Waals surface area (Å²) in [5, 5.41) is 13.5. The van der Waals surface area contributed by atoms with Crippen molar-refractivity contribution in [3.63, 3.8) is 0 Å². The average Bonchev–Trinajstić information content (AvgIpc) is 2.24. The third-order valence-electron chi connectivity index (χ3n) is 3.06. The van der Waals surface area contributed by atoms with Gasteiger partial charge in [0.15, 0.2) is 0 Å². The fourth-order valence-corrected chi connectivity index (χ4v) is 2.51. The highest BCUT2D eigenvalue weighted by atomic mass is 79.9. The molecule has 0 bridgehead atoms. The van der Waals surface area contributed by atoms with Crippen LogP contribution in [0.4, 0.5) is 4.39 Å². The Kier molecular flexibility index (Phi) is 3.62. The molecular weight excluding hydrogens is 273 g/mol. The summed E-state index contributed by atoms with van der Waals surface area (Å²) in [5.74, 6) is -0.241. The molecule has 1 aliphatic heterocycles. The van der Waals surface area contributed by atoms with E-state index in [4.69, 9.17) is 0 Å². The molecule has 2 N–H and O–H groups in total. The van der Waals surface area contributed by atoms with Crippen LogP contribution in [0.1, 0.15) is 18.4 Å². The normalized spacial score (nSPS) is 19.7. The summed E-state index contributed by atoms with van der Waals surface area (Å²) in [5.41, 5.74) is -0.175. The lowest BCUT2D eigenvalue weighted by atomic mass is 9.86. The molecule has 1 aromatic carbocycles. The summed E-state index contributed by atoms with van der Waals surface area (Å²) in [6.07, 6.45) is 1.75. The van der Waals surface area contributed by atoms with Gasteiger partial charge in [0.25, 0.3) is 0 Å². The minimum atomic E-state index is -0.757. The van der Waals surface area contributed by atoms with Gasteiger partial charge in [-0.2, -0.15) is 0 Å². The molecule has 1 aromatic rings. The number of halogens is 2. The fourth-order valence-electron chi connectivity index (χ4n) is 2.10. The molecule has 0 unspecified atom stereocenters. The third-order valence-corrected chi connectivity index (χ3v) is 3.55. The third kappa shape index (κ3) is 2.81. The van der Waals surface area contributed by atoms with Crippen molar-refractivity contribution in [3.8, 4) is 0 Å². The first-order valence-corrected chi connectivity index (χ1v) is 6.25. The fraction of sp³-hybridized carbons (Fsp3) is 0.500. The van der Waals surface area contributed by atoms with Crippen LogP contribution in [0.15, 0.2) is 22.7 Å². The van der Waals surface area contributed by atoms with Gasteiger partial charge in [0.1, 0.15) is 5.82 Å². The highest BCUT2D eigenvalue weighted by molar-refractivity contribution is 9.10. The van der Waals surface area contributed by atoms with Crippen LogP contribution in [0, 0.1) is 5.82 Å². The quantitative estimate of drug-likeness (QED) is 0.875. The van der Waals surface area contributed by atoms with E-state index in [1.54, 1.807) is 12.1 Å². The monoisotopic (exact) mass is 287 g/mol. The molecule has 1 aliphatic rings. The minimum absolute atomic E-state index is 0.241. The summed E-state index contributed by atoms with van der Waals surface area (Å²) in [4.78, 5) is 0. The van der Waals surface area contributed by atoms with Crippen molar-refractivity contribution in [3.05, 3.63) is 34.1 Å². The molecule has 0 aromatic heterocycles. The molecule has 0 saturated carbocycles. The van der Waals surface area contributed by atoms with Gasteiger partial charge in [-0.1, -0.05) is 15.9 Å². The summed E-state index contributed by atoms with van der Waals surface area (Å²) in [6.45, 7) is 1.60. The van der Waals surface area contributed by atoms with Crippen molar-refractivity contribution in [2.24, 2.45) is 0 Å². The van der Waals surface area contributed by atoms with Gasteiger partial charge in [-0.15, -0.1) is 0 Å². The lowest BCUT2D eigenvalue weighted by Gasteiger charge is -2.32. The molecule has 16 heavy (non-hydrogen) atoms. The van der Waals surface area contributed by atoms with Crippen molar-refractivity contribution in [1.82, 2.24) is 5.32 Å². The number of aliphatic hydroxyl groups is 1. The van der Waals surface area contributed by atoms with E-state index < -0.39 is 5.60 Å². The van der Waals surface area contributed by atoms with Crippen LogP contribution in [0.5, 0.6) is 0 Å². The lowest BCUT2D eigenvalue weighted by molar-refractivity contribution is 0.0101. The number of benzene rings is 1. The second-order valence-electron chi connectivity index (χ2n) is 4.39. The first-order valence-electron chi connectivity index (χ1n) is 5.46. The molecule has 0 amide bonds. The predicted molar refractivity (Wildman–Crippen MR) is 64.9 cm³/mol. The smallest absolute Gasteiger partial charge is 0.126 e. The Hall–Kier alpha value is -0.450. The standard InChI is InChI=1S/C12H15BrFNO/c13-10-1-2-11(14)9(7-10)8-12(16)3-5-15-6-4-12/h1-2,7,15-16H,3-6,8H2. The molecule has 0 spiro atoms. The minimum Gasteiger partial charge on any atom is -0.389 e. The van der Waals surface area contributed by atoms with Crippen LogP contribution in [-0.4, -0.2) is 23.8 Å². The molecular formula is C12H15BrFNO. The van der Waals surface area contributed by atoms with Crippen LogP contribution >= 0.6 is 15.9 Å². The van der Waals surface area contributed by atoms with Gasteiger partial charge in [0, 0.05) is 10.9 Å². The molecule has 1 fully saturated rings. The lowest BCUT2D eigenvalue weighted by Crippen LogP contribution is -2.43. The van der Waals surface area contributed by atoms with Crippen LogP contribution in [0.25, 0.3) is 0 Å². The van der Waals surface area contributed by atoms with E-state index in [1.807, 2.05) is 0 Å². The zero-order valence-electron chi connectivity index (χ0n) is 8.97. The zero-order valence-corrected chi connectivity index (χ0v) is 10.6. The van der Waals surface area contributed by atoms with Crippen LogP contribution < -0.4 is 5.32 Å². The Morgan fingerprint density at radius 1 is 1.38 bits per heavy atom. The Labute approximate surface area is 103 Å². The van der Waals surface area contributed by atoms with Gasteiger partial charge in [-0.05, 0) is 49.7 Å². The first kappa shape index (κ1) is 12.0. The molecule has 0 atom stereocenters. The second-order valence-corrected chi connectivity index (χ2v) is 5.30. The van der Waals surface area contributed by atoms with Gasteiger partial charge >= 0.3 is 0 Å². The maximum absolute atomic E-state index is 13.5. The van der Waals surface area contributed by atoms with Crippen molar-refractivity contribution in [1.29, 1.82) is 0 Å². The molecule has 1 saturated heterocycles. The summed E-state index contributed by atoms with van der Waals surface area (Å²) in [7, 11) is 0. The van der Waals surface area contributed by atoms with Crippen LogP contribution in [0.3, 0.4) is 0 Å². The number of piperidine rings is 1. The maximum atomic E-state index is 13.5. The predicted octanol–water partition coefficient (Wildman–Crippen LogP) is 2.25. The number of rotatable bonds is 2. The highest BCUT2D eigenvalue weighted by Crippen LogP contribution is 2.26. The average molecular weight is 288 g/mol. The van der Waals surface area contributed by atoms with Crippen molar-refractivity contribution < 1.29 is 9.50 Å². The number of hydrogen-bond donors (Lipinski definition) is 2. The van der Waals surface area contributed by atoms with Gasteiger partial charge < -0.3 is 10.4 Å². The molecule has 88 valence electrons. The topological polar surface area (TPSA) is 32.3 Å². The molecule has 1 heterocycles. The van der Waals surface area contributed by atoms with Crippen LogP contribution in [0.2, 0.25) is 0 Å². The highest BCUT2D eigenvalue weighted by Gasteiger charge is 2.30.